The first-order valence-corrected chi connectivity index (χ1v) is 8.99. The van der Waals surface area contributed by atoms with Crippen LogP contribution in [0.1, 0.15) is 27.9 Å². The van der Waals surface area contributed by atoms with Crippen molar-refractivity contribution >= 4 is 24.1 Å². The summed E-state index contributed by atoms with van der Waals surface area (Å²) < 4.78 is 0. The van der Waals surface area contributed by atoms with Crippen molar-refractivity contribution in [1.82, 2.24) is 5.32 Å². The molecule has 6 nitrogen and oxygen atoms in total. The van der Waals surface area contributed by atoms with E-state index in [2.05, 4.69) is 16.7 Å². The maximum atomic E-state index is 10.9. The molecule has 0 amide bonds. The number of aryl methyl sites for hydroxylation is 1. The molecule has 0 saturated carbocycles. The van der Waals surface area contributed by atoms with Gasteiger partial charge in [-0.05, 0) is 54.8 Å². The van der Waals surface area contributed by atoms with Crippen molar-refractivity contribution in [2.45, 2.75) is 18.4 Å². The van der Waals surface area contributed by atoms with Gasteiger partial charge in [0.1, 0.15) is 0 Å². The topological polar surface area (TPSA) is 105 Å². The van der Waals surface area contributed by atoms with Crippen LogP contribution in [0.5, 0.6) is 0 Å². The number of anilines is 1. The SMILES string of the molecule is Cl.N#Cc1ccc(CCC(CNc2ccc(C(=O)O)cc2)C2(O)CNC2)cc1. The predicted octanol–water partition coefficient (Wildman–Crippen LogP) is 2.67. The number of hydrogen-bond acceptors (Lipinski definition) is 5. The molecule has 1 aliphatic heterocycles. The fourth-order valence-corrected chi connectivity index (χ4v) is 3.29. The van der Waals surface area contributed by atoms with E-state index in [9.17, 15) is 9.90 Å². The molecule has 0 spiro atoms. The lowest BCUT2D eigenvalue weighted by Crippen LogP contribution is -2.64. The summed E-state index contributed by atoms with van der Waals surface area (Å²) in [5, 5.41) is 35.1. The van der Waals surface area contributed by atoms with E-state index in [-0.39, 0.29) is 23.9 Å². The van der Waals surface area contributed by atoms with Crippen molar-refractivity contribution in [2.24, 2.45) is 5.92 Å². The standard InChI is InChI=1S/C21H23N3O3.ClH/c22-11-16-3-1-15(2-4-16)5-8-18(21(27)13-23-14-21)12-24-19-9-6-17(7-10-19)20(25)26;/h1-4,6-7,9-10,18,23-24,27H,5,8,12-14H2,(H,25,26);1H. The van der Waals surface area contributed by atoms with Crippen LogP contribution in [0.2, 0.25) is 0 Å². The monoisotopic (exact) mass is 401 g/mol. The molecule has 1 unspecified atom stereocenters. The third-order valence-electron chi connectivity index (χ3n) is 5.17. The number of aliphatic hydroxyl groups is 1. The highest BCUT2D eigenvalue weighted by Gasteiger charge is 2.41. The second kappa shape index (κ2) is 9.56. The second-order valence-corrected chi connectivity index (χ2v) is 7.01. The van der Waals surface area contributed by atoms with E-state index in [1.165, 1.54) is 0 Å². The molecule has 0 bridgehead atoms. The van der Waals surface area contributed by atoms with Gasteiger partial charge in [-0.2, -0.15) is 5.26 Å². The van der Waals surface area contributed by atoms with Gasteiger partial charge in [0.05, 0.1) is 22.8 Å². The molecule has 28 heavy (non-hydrogen) atoms. The van der Waals surface area contributed by atoms with Gasteiger partial charge in [-0.1, -0.05) is 12.1 Å². The molecule has 148 valence electrons. The predicted molar refractivity (Wildman–Crippen MR) is 110 cm³/mol. The molecule has 1 heterocycles. The Morgan fingerprint density at radius 2 is 1.82 bits per heavy atom. The smallest absolute Gasteiger partial charge is 0.335 e. The first-order valence-electron chi connectivity index (χ1n) is 8.99. The summed E-state index contributed by atoms with van der Waals surface area (Å²) in [5.74, 6) is -0.898. The van der Waals surface area contributed by atoms with Crippen LogP contribution in [0.3, 0.4) is 0 Å². The molecule has 0 radical (unpaired) electrons. The average molecular weight is 402 g/mol. The molecule has 2 aromatic rings. The Hall–Kier alpha value is -2.59. The summed E-state index contributed by atoms with van der Waals surface area (Å²) in [6.07, 6.45) is 1.63. The minimum Gasteiger partial charge on any atom is -0.478 e. The van der Waals surface area contributed by atoms with Gasteiger partial charge in [0, 0.05) is 31.2 Å². The van der Waals surface area contributed by atoms with Crippen LogP contribution in [0.4, 0.5) is 5.69 Å². The molecule has 1 atom stereocenters. The largest absolute Gasteiger partial charge is 0.478 e. The third kappa shape index (κ3) is 5.23. The number of benzene rings is 2. The molecule has 0 aromatic heterocycles. The Kier molecular flexibility index (Phi) is 7.41. The lowest BCUT2D eigenvalue weighted by molar-refractivity contribution is -0.0597. The number of carboxylic acid groups (broad SMARTS) is 1. The highest BCUT2D eigenvalue weighted by molar-refractivity contribution is 5.88. The molecule has 7 heteroatoms. The number of β-amino-alcohol motifs (C(OH)–C–C–N with tert-alkyl or cyclic N) is 1. The fraction of sp³-hybridized carbons (Fsp3) is 0.333. The van der Waals surface area contributed by atoms with E-state index in [4.69, 9.17) is 10.4 Å². The molecule has 4 N–H and O–H groups in total. The molecule has 1 fully saturated rings. The number of nitrogens with zero attached hydrogens (tertiary/aromatic N) is 1. The number of carboxylic acids is 1. The van der Waals surface area contributed by atoms with Crippen LogP contribution in [0, 0.1) is 17.2 Å². The number of carbonyl (C=O) groups is 1. The first kappa shape index (κ1) is 21.7. The summed E-state index contributed by atoms with van der Waals surface area (Å²) in [6.45, 7) is 1.75. The maximum Gasteiger partial charge on any atom is 0.335 e. The lowest BCUT2D eigenvalue weighted by Gasteiger charge is -2.44. The van der Waals surface area contributed by atoms with E-state index in [0.717, 1.165) is 24.1 Å². The van der Waals surface area contributed by atoms with Crippen LogP contribution in [0.15, 0.2) is 48.5 Å². The summed E-state index contributed by atoms with van der Waals surface area (Å²) in [6, 6.07) is 16.3. The number of halogens is 1. The normalized spacial score (nSPS) is 15.4. The zero-order valence-corrected chi connectivity index (χ0v) is 16.2. The molecule has 1 aliphatic rings. The van der Waals surface area contributed by atoms with Crippen molar-refractivity contribution in [3.63, 3.8) is 0 Å². The van der Waals surface area contributed by atoms with E-state index in [1.807, 2.05) is 24.3 Å². The third-order valence-corrected chi connectivity index (χ3v) is 5.17. The minimum absolute atomic E-state index is 0. The van der Waals surface area contributed by atoms with Crippen molar-refractivity contribution in [1.29, 1.82) is 5.26 Å². The zero-order valence-electron chi connectivity index (χ0n) is 15.4. The molecule has 2 aromatic carbocycles. The Balaban J connectivity index is 0.00000280. The summed E-state index contributed by atoms with van der Waals surface area (Å²) in [7, 11) is 0. The van der Waals surface area contributed by atoms with Gasteiger partial charge in [0.25, 0.3) is 0 Å². The van der Waals surface area contributed by atoms with Gasteiger partial charge in [-0.3, -0.25) is 0 Å². The number of rotatable bonds is 8. The van der Waals surface area contributed by atoms with Gasteiger partial charge in [0.2, 0.25) is 0 Å². The number of hydrogen-bond donors (Lipinski definition) is 4. The Labute approximate surface area is 170 Å². The molecule has 0 aliphatic carbocycles. The Morgan fingerprint density at radius 3 is 2.32 bits per heavy atom. The van der Waals surface area contributed by atoms with Crippen LogP contribution in [-0.4, -0.2) is 41.4 Å². The molecule has 1 saturated heterocycles. The van der Waals surface area contributed by atoms with Crippen LogP contribution in [-0.2, 0) is 6.42 Å². The first-order chi connectivity index (χ1) is 13.0. The molecule has 3 rings (SSSR count). The van der Waals surface area contributed by atoms with E-state index in [0.29, 0.717) is 25.2 Å². The van der Waals surface area contributed by atoms with Crippen LogP contribution in [0.25, 0.3) is 0 Å². The summed E-state index contributed by atoms with van der Waals surface area (Å²) in [5.41, 5.74) is 2.13. The molecular weight excluding hydrogens is 378 g/mol. The maximum absolute atomic E-state index is 10.9. The van der Waals surface area contributed by atoms with E-state index < -0.39 is 11.6 Å². The van der Waals surface area contributed by atoms with Crippen LogP contribution >= 0.6 is 12.4 Å². The van der Waals surface area contributed by atoms with Gasteiger partial charge in [-0.25, -0.2) is 4.79 Å². The fourth-order valence-electron chi connectivity index (χ4n) is 3.29. The quantitative estimate of drug-likeness (QED) is 0.542. The molecular formula is C21H24ClN3O3. The average Bonchev–Trinajstić information content (AvgIpc) is 2.67. The van der Waals surface area contributed by atoms with Crippen molar-refractivity contribution in [3.05, 3.63) is 65.2 Å². The number of aromatic carboxylic acids is 1. The van der Waals surface area contributed by atoms with E-state index >= 15 is 0 Å². The highest BCUT2D eigenvalue weighted by atomic mass is 35.5. The summed E-state index contributed by atoms with van der Waals surface area (Å²) >= 11 is 0. The van der Waals surface area contributed by atoms with Crippen molar-refractivity contribution in [3.8, 4) is 6.07 Å². The Morgan fingerprint density at radius 1 is 1.18 bits per heavy atom. The lowest BCUT2D eigenvalue weighted by atomic mass is 9.79. The number of nitriles is 1. The van der Waals surface area contributed by atoms with Crippen LogP contribution < -0.4 is 10.6 Å². The van der Waals surface area contributed by atoms with Gasteiger partial charge in [-0.15, -0.1) is 12.4 Å². The van der Waals surface area contributed by atoms with Gasteiger partial charge < -0.3 is 20.8 Å². The highest BCUT2D eigenvalue weighted by Crippen LogP contribution is 2.27. The van der Waals surface area contributed by atoms with Crippen molar-refractivity contribution in [2.75, 3.05) is 25.0 Å². The summed E-state index contributed by atoms with van der Waals surface area (Å²) in [4.78, 5) is 10.9. The van der Waals surface area contributed by atoms with Gasteiger partial charge >= 0.3 is 5.97 Å². The zero-order chi connectivity index (χ0) is 19.3. The minimum atomic E-state index is -0.948. The second-order valence-electron chi connectivity index (χ2n) is 7.01. The Bertz CT molecular complexity index is 827. The van der Waals surface area contributed by atoms with Gasteiger partial charge in [0.15, 0.2) is 0 Å². The van der Waals surface area contributed by atoms with E-state index in [1.54, 1.807) is 24.3 Å². The number of nitrogens with one attached hydrogen (secondary N) is 2. The van der Waals surface area contributed by atoms with Crippen molar-refractivity contribution < 1.29 is 15.0 Å².